The number of nitrogens with one attached hydrogen (secondary N) is 4. The number of hydrogen-bond acceptors (Lipinski definition) is 8. The summed E-state index contributed by atoms with van der Waals surface area (Å²) >= 11 is 0. The van der Waals surface area contributed by atoms with E-state index < -0.39 is 39.2 Å². The highest BCUT2D eigenvalue weighted by Crippen LogP contribution is 2.23. The van der Waals surface area contributed by atoms with Gasteiger partial charge in [0.2, 0.25) is 15.9 Å². The van der Waals surface area contributed by atoms with Crippen molar-refractivity contribution in [3.8, 4) is 0 Å². The summed E-state index contributed by atoms with van der Waals surface area (Å²) in [6, 6.07) is 5.85. The Morgan fingerprint density at radius 3 is 2.49 bits per heavy atom. The predicted molar refractivity (Wildman–Crippen MR) is 129 cm³/mol. The van der Waals surface area contributed by atoms with Gasteiger partial charge in [-0.1, -0.05) is 24.3 Å². The van der Waals surface area contributed by atoms with Crippen LogP contribution in [0.25, 0.3) is 0 Å². The number of carbonyl (C=O) groups excluding carboxylic acids is 2. The van der Waals surface area contributed by atoms with Crippen LogP contribution in [0.4, 0.5) is 10.5 Å². The molecule has 0 unspecified atom stereocenters. The third-order valence-corrected chi connectivity index (χ3v) is 5.55. The molecule has 0 fully saturated rings. The van der Waals surface area contributed by atoms with Gasteiger partial charge in [0.1, 0.15) is 29.0 Å². The van der Waals surface area contributed by atoms with E-state index in [0.29, 0.717) is 24.2 Å². The van der Waals surface area contributed by atoms with Gasteiger partial charge in [-0.25, -0.2) is 18.2 Å². The first-order valence-electron chi connectivity index (χ1n) is 10.8. The van der Waals surface area contributed by atoms with Gasteiger partial charge in [0.25, 0.3) is 5.56 Å². The Morgan fingerprint density at radius 2 is 1.89 bits per heavy atom. The fraction of sp³-hybridized carbons (Fsp3) is 0.409. The van der Waals surface area contributed by atoms with Gasteiger partial charge >= 0.3 is 6.09 Å². The van der Waals surface area contributed by atoms with E-state index in [0.717, 1.165) is 18.0 Å². The van der Waals surface area contributed by atoms with Crippen LogP contribution in [0.5, 0.6) is 0 Å². The van der Waals surface area contributed by atoms with Crippen LogP contribution in [0.3, 0.4) is 0 Å². The molecule has 0 aliphatic carbocycles. The van der Waals surface area contributed by atoms with E-state index in [2.05, 4.69) is 20.3 Å². The molecule has 1 atom stereocenters. The fourth-order valence-electron chi connectivity index (χ4n) is 3.50. The van der Waals surface area contributed by atoms with Crippen molar-refractivity contribution in [3.05, 3.63) is 57.8 Å². The van der Waals surface area contributed by atoms with Crippen LogP contribution >= 0.6 is 0 Å². The molecule has 35 heavy (non-hydrogen) atoms. The number of amidine groups is 1. The van der Waals surface area contributed by atoms with Crippen LogP contribution < -0.4 is 20.9 Å². The van der Waals surface area contributed by atoms with Crippen LogP contribution in [0.2, 0.25) is 0 Å². The molecule has 0 spiro atoms. The number of hydrogen-bond donors (Lipinski definition) is 4. The minimum absolute atomic E-state index is 0.122. The molecule has 12 nitrogen and oxygen atoms in total. The lowest BCUT2D eigenvalue weighted by Gasteiger charge is -2.19. The lowest BCUT2D eigenvalue weighted by Crippen LogP contribution is -2.37. The summed E-state index contributed by atoms with van der Waals surface area (Å²) in [6.07, 6.45) is 2.13. The van der Waals surface area contributed by atoms with Crippen molar-refractivity contribution >= 4 is 33.5 Å². The summed E-state index contributed by atoms with van der Waals surface area (Å²) in [5.41, 5.74) is -0.325. The summed E-state index contributed by atoms with van der Waals surface area (Å²) < 4.78 is 31.5. The Kier molecular flexibility index (Phi) is 7.29. The maximum absolute atomic E-state index is 12.8. The van der Waals surface area contributed by atoms with E-state index in [9.17, 15) is 22.8 Å². The largest absolute Gasteiger partial charge is 0.444 e. The van der Waals surface area contributed by atoms with Gasteiger partial charge in [0.15, 0.2) is 0 Å². The van der Waals surface area contributed by atoms with Crippen molar-refractivity contribution in [1.29, 1.82) is 5.41 Å². The average molecular weight is 505 g/mol. The van der Waals surface area contributed by atoms with Crippen molar-refractivity contribution in [1.82, 2.24) is 20.2 Å². The van der Waals surface area contributed by atoms with E-state index in [1.807, 2.05) is 0 Å². The molecule has 188 valence electrons. The molecule has 2 amide bonds. The molecule has 4 N–H and O–H groups in total. The molecule has 1 aromatic heterocycles. The monoisotopic (exact) mass is 504 g/mol. The van der Waals surface area contributed by atoms with E-state index >= 15 is 0 Å². The standard InChI is InChI=1S/C22H28N6O6S/c1-22(2,3)34-21(31)26-18(23)14-7-5-13(6-8-14)11-25-19(29)16-9-10-17-24-12-15(20(30)28(16)17)27-35(4,32)33/h5-8,12,16,27H,9-11H2,1-4H3,(H,25,29)(H2,23,26,31)/t16-/m0/s1. The smallest absolute Gasteiger partial charge is 0.413 e. The van der Waals surface area contributed by atoms with Gasteiger partial charge < -0.3 is 10.1 Å². The Hall–Kier alpha value is -3.74. The van der Waals surface area contributed by atoms with Crippen LogP contribution in [0.15, 0.2) is 35.3 Å². The minimum atomic E-state index is -3.67. The fourth-order valence-corrected chi connectivity index (χ4v) is 4.04. The predicted octanol–water partition coefficient (Wildman–Crippen LogP) is 1.27. The van der Waals surface area contributed by atoms with Crippen LogP contribution in [-0.2, 0) is 32.5 Å². The molecule has 3 rings (SSSR count). The SMILES string of the molecule is CC(C)(C)OC(=O)NC(=N)c1ccc(CNC(=O)[C@@H]2CCc3ncc(NS(C)(=O)=O)c(=O)n32)cc1. The second-order valence-corrected chi connectivity index (χ2v) is 10.9. The van der Waals surface area contributed by atoms with E-state index in [1.54, 1.807) is 45.0 Å². The third kappa shape index (κ3) is 6.88. The molecule has 1 aliphatic rings. The maximum Gasteiger partial charge on any atom is 0.413 e. The number of aryl methyl sites for hydroxylation is 1. The Bertz CT molecular complexity index is 1310. The van der Waals surface area contributed by atoms with Gasteiger partial charge in [0.05, 0.1) is 12.5 Å². The molecule has 13 heteroatoms. The van der Waals surface area contributed by atoms with E-state index in [-0.39, 0.29) is 18.1 Å². The molecule has 0 bridgehead atoms. The number of aromatic nitrogens is 2. The Balaban J connectivity index is 1.62. The molecule has 1 aromatic carbocycles. The summed E-state index contributed by atoms with van der Waals surface area (Å²) in [7, 11) is -3.67. The molecule has 0 saturated heterocycles. The quantitative estimate of drug-likeness (QED) is 0.339. The number of alkyl carbamates (subject to hydrolysis) is 1. The highest BCUT2D eigenvalue weighted by atomic mass is 32.2. The van der Waals surface area contributed by atoms with Crippen molar-refractivity contribution in [2.45, 2.75) is 51.8 Å². The number of anilines is 1. The van der Waals surface area contributed by atoms with Crippen molar-refractivity contribution < 1.29 is 22.7 Å². The zero-order valence-electron chi connectivity index (χ0n) is 19.8. The van der Waals surface area contributed by atoms with Gasteiger partial charge in [0, 0.05) is 18.5 Å². The number of benzene rings is 1. The normalized spacial score (nSPS) is 15.1. The molecule has 0 saturated carbocycles. The van der Waals surface area contributed by atoms with E-state index in [4.69, 9.17) is 10.1 Å². The van der Waals surface area contributed by atoms with Gasteiger partial charge in [-0.15, -0.1) is 0 Å². The molecule has 2 heterocycles. The lowest BCUT2D eigenvalue weighted by molar-refractivity contribution is -0.124. The number of amides is 2. The average Bonchev–Trinajstić information content (AvgIpc) is 3.17. The van der Waals surface area contributed by atoms with Crippen molar-refractivity contribution in [2.75, 3.05) is 11.0 Å². The number of sulfonamides is 1. The van der Waals surface area contributed by atoms with Crippen LogP contribution in [0.1, 0.15) is 50.2 Å². The topological polar surface area (TPSA) is 172 Å². The van der Waals surface area contributed by atoms with Gasteiger partial charge in [-0.2, -0.15) is 0 Å². The molecular weight excluding hydrogens is 476 g/mol. The summed E-state index contributed by atoms with van der Waals surface area (Å²) in [5, 5.41) is 13.2. The highest BCUT2D eigenvalue weighted by molar-refractivity contribution is 7.92. The molecule has 1 aliphatic heterocycles. The molecular formula is C22H28N6O6S. The third-order valence-electron chi connectivity index (χ3n) is 4.96. The first kappa shape index (κ1) is 25.9. The number of nitrogens with zero attached hydrogens (tertiary/aromatic N) is 2. The van der Waals surface area contributed by atoms with Crippen LogP contribution in [-0.4, -0.2) is 47.7 Å². The summed E-state index contributed by atoms with van der Waals surface area (Å²) in [4.78, 5) is 41.5. The number of ether oxygens (including phenoxy) is 1. The van der Waals surface area contributed by atoms with Crippen LogP contribution in [0, 0.1) is 5.41 Å². The first-order chi connectivity index (χ1) is 16.2. The lowest BCUT2D eigenvalue weighted by atomic mass is 10.1. The number of fused-ring (bicyclic) bond motifs is 1. The molecule has 2 aromatic rings. The van der Waals surface area contributed by atoms with Gasteiger partial charge in [-0.3, -0.25) is 29.6 Å². The first-order valence-corrected chi connectivity index (χ1v) is 12.7. The van der Waals surface area contributed by atoms with Crippen molar-refractivity contribution in [3.63, 3.8) is 0 Å². The maximum atomic E-state index is 12.8. The highest BCUT2D eigenvalue weighted by Gasteiger charge is 2.31. The second kappa shape index (κ2) is 9.86. The van der Waals surface area contributed by atoms with Gasteiger partial charge in [-0.05, 0) is 32.8 Å². The van der Waals surface area contributed by atoms with Crippen molar-refractivity contribution in [2.24, 2.45) is 0 Å². The Morgan fingerprint density at radius 1 is 1.23 bits per heavy atom. The summed E-state index contributed by atoms with van der Waals surface area (Å²) in [6.45, 7) is 5.34. The second-order valence-electron chi connectivity index (χ2n) is 9.11. The zero-order chi connectivity index (χ0) is 26.0. The molecule has 0 radical (unpaired) electrons. The van der Waals surface area contributed by atoms with E-state index in [1.165, 1.54) is 4.57 Å². The summed E-state index contributed by atoms with van der Waals surface area (Å²) in [5.74, 6) is -0.107. The Labute approximate surface area is 202 Å². The zero-order valence-corrected chi connectivity index (χ0v) is 20.7. The minimum Gasteiger partial charge on any atom is -0.444 e. The number of rotatable bonds is 6. The number of carbonyl (C=O) groups is 2.